The molecule has 0 atom stereocenters. The van der Waals surface area contributed by atoms with Gasteiger partial charge >= 0.3 is 18.9 Å². The van der Waals surface area contributed by atoms with E-state index in [2.05, 4.69) is 11.8 Å². The van der Waals surface area contributed by atoms with Crippen molar-refractivity contribution in [3.63, 3.8) is 0 Å². The second-order valence-electron chi connectivity index (χ2n) is 2.60. The summed E-state index contributed by atoms with van der Waals surface area (Å²) in [4.78, 5) is 10.4. The first-order chi connectivity index (χ1) is 6.74. The Balaban J connectivity index is 0.00000196. The molecule has 0 aliphatic carbocycles. The van der Waals surface area contributed by atoms with Gasteiger partial charge in [-0.25, -0.2) is 0 Å². The summed E-state index contributed by atoms with van der Waals surface area (Å²) < 4.78 is 4.75. The first-order valence-electron chi connectivity index (χ1n) is 4.03. The summed E-state index contributed by atoms with van der Waals surface area (Å²) in [5.74, 6) is 4.41. The molecule has 0 fully saturated rings. The number of hydrogen-bond donors (Lipinski definition) is 0. The van der Waals surface area contributed by atoms with Crippen molar-refractivity contribution in [3.05, 3.63) is 35.4 Å². The average Bonchev–Trinajstić information content (AvgIpc) is 2.19. The van der Waals surface area contributed by atoms with Gasteiger partial charge in [-0.3, -0.25) is 0 Å². The van der Waals surface area contributed by atoms with Crippen molar-refractivity contribution in [2.75, 3.05) is 13.7 Å². The maximum atomic E-state index is 10.4. The fourth-order valence-corrected chi connectivity index (χ4v) is 0.900. The van der Waals surface area contributed by atoms with E-state index in [0.29, 0.717) is 6.61 Å². The molecule has 0 saturated carbocycles. The molecule has 0 aliphatic rings. The molecule has 0 radical (unpaired) electrons. The van der Waals surface area contributed by atoms with Gasteiger partial charge in [0.2, 0.25) is 0 Å². The van der Waals surface area contributed by atoms with Crippen LogP contribution in [-0.2, 0) is 4.74 Å². The van der Waals surface area contributed by atoms with Crippen LogP contribution in [-0.4, -0.2) is 19.7 Å². The van der Waals surface area contributed by atoms with E-state index in [0.717, 1.165) is 5.56 Å². The number of ether oxygens (including phenoxy) is 1. The second kappa shape index (κ2) is 7.15. The molecule has 1 aromatic rings. The molecule has 0 aromatic heterocycles. The van der Waals surface area contributed by atoms with Crippen LogP contribution in [0.4, 0.5) is 0 Å². The van der Waals surface area contributed by atoms with Crippen LogP contribution in [0.1, 0.15) is 15.9 Å². The molecule has 0 saturated heterocycles. The van der Waals surface area contributed by atoms with Gasteiger partial charge in [0.15, 0.2) is 0 Å². The Bertz CT molecular complexity index is 373. The van der Waals surface area contributed by atoms with Gasteiger partial charge in [0.05, 0.1) is 5.97 Å². The van der Waals surface area contributed by atoms with Gasteiger partial charge in [-0.05, 0) is 17.7 Å². The minimum Gasteiger partial charge on any atom is -0.545 e. The molecule has 1 aromatic carbocycles. The van der Waals surface area contributed by atoms with E-state index in [1.165, 1.54) is 12.1 Å². The summed E-state index contributed by atoms with van der Waals surface area (Å²) in [6.07, 6.45) is 0. The molecule has 3 nitrogen and oxygen atoms in total. The first-order valence-corrected chi connectivity index (χ1v) is 4.03. The van der Waals surface area contributed by atoms with Gasteiger partial charge < -0.3 is 14.6 Å². The van der Waals surface area contributed by atoms with Crippen molar-refractivity contribution < 1.29 is 33.5 Å². The van der Waals surface area contributed by atoms with Crippen molar-refractivity contribution in [2.24, 2.45) is 0 Å². The average molecular weight is 196 g/mol. The number of carbonyl (C=O) groups is 1. The molecule has 0 unspecified atom stereocenters. The largest absolute Gasteiger partial charge is 1.00 e. The van der Waals surface area contributed by atoms with Crippen LogP contribution < -0.4 is 24.0 Å². The molecule has 4 heteroatoms. The van der Waals surface area contributed by atoms with Crippen LogP contribution in [0, 0.1) is 11.8 Å². The van der Waals surface area contributed by atoms with Crippen LogP contribution >= 0.6 is 0 Å². The molecular weight excluding hydrogens is 187 g/mol. The van der Waals surface area contributed by atoms with Crippen molar-refractivity contribution >= 4 is 5.97 Å². The van der Waals surface area contributed by atoms with E-state index in [1.54, 1.807) is 19.2 Å². The maximum Gasteiger partial charge on any atom is 1.00 e. The standard InChI is InChI=1S/C11H10O3.Li/c1-14-8-2-3-9-4-6-10(7-5-9)11(12)13;/h4-7H,8H2,1H3,(H,12,13);/q;+1/p-1. The molecule has 0 bridgehead atoms. The van der Waals surface area contributed by atoms with E-state index in [4.69, 9.17) is 4.74 Å². The van der Waals surface area contributed by atoms with E-state index in [-0.39, 0.29) is 24.4 Å². The SMILES string of the molecule is COCC#Cc1ccc(C(=O)[O-])cc1.[Li+]. The number of aromatic carboxylic acids is 1. The minimum atomic E-state index is -1.18. The summed E-state index contributed by atoms with van der Waals surface area (Å²) >= 11 is 0. The smallest absolute Gasteiger partial charge is 0.545 e. The fourth-order valence-electron chi connectivity index (χ4n) is 0.900. The predicted octanol–water partition coefficient (Wildman–Crippen LogP) is -2.95. The summed E-state index contributed by atoms with van der Waals surface area (Å²) in [5, 5.41) is 10.4. The van der Waals surface area contributed by atoms with Crippen LogP contribution in [0.25, 0.3) is 0 Å². The van der Waals surface area contributed by atoms with Gasteiger partial charge in [0.1, 0.15) is 6.61 Å². The predicted molar refractivity (Wildman–Crippen MR) is 49.5 cm³/mol. The third-order valence-corrected chi connectivity index (χ3v) is 1.57. The normalized spacial score (nSPS) is 8.33. The van der Waals surface area contributed by atoms with Crippen molar-refractivity contribution in [1.29, 1.82) is 0 Å². The van der Waals surface area contributed by atoms with Crippen LogP contribution in [0.3, 0.4) is 0 Å². The van der Waals surface area contributed by atoms with Gasteiger partial charge in [-0.2, -0.15) is 0 Å². The zero-order valence-electron chi connectivity index (χ0n) is 8.74. The van der Waals surface area contributed by atoms with E-state index >= 15 is 0 Å². The Morgan fingerprint density at radius 2 is 2.00 bits per heavy atom. The zero-order valence-corrected chi connectivity index (χ0v) is 8.74. The fraction of sp³-hybridized carbons (Fsp3) is 0.182. The Morgan fingerprint density at radius 3 is 2.47 bits per heavy atom. The monoisotopic (exact) mass is 196 g/mol. The van der Waals surface area contributed by atoms with E-state index < -0.39 is 5.97 Å². The molecule has 15 heavy (non-hydrogen) atoms. The minimum absolute atomic E-state index is 0. The van der Waals surface area contributed by atoms with Crippen LogP contribution in [0.2, 0.25) is 0 Å². The summed E-state index contributed by atoms with van der Waals surface area (Å²) in [6.45, 7) is 0.363. The molecule has 1 rings (SSSR count). The molecule has 0 heterocycles. The van der Waals surface area contributed by atoms with Crippen molar-refractivity contribution in [3.8, 4) is 11.8 Å². The number of rotatable bonds is 2. The van der Waals surface area contributed by atoms with Crippen LogP contribution in [0.15, 0.2) is 24.3 Å². The van der Waals surface area contributed by atoms with E-state index in [9.17, 15) is 9.90 Å². The van der Waals surface area contributed by atoms with Gasteiger partial charge in [0.25, 0.3) is 0 Å². The number of methoxy groups -OCH3 is 1. The maximum absolute atomic E-state index is 10.4. The molecule has 0 amide bonds. The first kappa shape index (κ1) is 13.8. The van der Waals surface area contributed by atoms with Gasteiger partial charge in [-0.15, -0.1) is 0 Å². The third-order valence-electron chi connectivity index (χ3n) is 1.57. The molecule has 0 aliphatic heterocycles. The molecule has 0 N–H and O–H groups in total. The Hall–Kier alpha value is -1.19. The molecule has 72 valence electrons. The molecule has 0 spiro atoms. The Labute approximate surface area is 101 Å². The number of carboxylic acid groups (broad SMARTS) is 1. The number of benzene rings is 1. The van der Waals surface area contributed by atoms with Crippen molar-refractivity contribution in [1.82, 2.24) is 0 Å². The summed E-state index contributed by atoms with van der Waals surface area (Å²) in [7, 11) is 1.56. The van der Waals surface area contributed by atoms with Crippen LogP contribution in [0.5, 0.6) is 0 Å². The number of carbonyl (C=O) groups excluding carboxylic acids is 1. The zero-order chi connectivity index (χ0) is 10.4. The quantitative estimate of drug-likeness (QED) is 0.375. The van der Waals surface area contributed by atoms with Gasteiger partial charge in [0, 0.05) is 12.7 Å². The Morgan fingerprint density at radius 1 is 1.40 bits per heavy atom. The Kier molecular flexibility index (Phi) is 6.58. The molecular formula is C11H9LiO3. The third kappa shape index (κ3) is 4.72. The topological polar surface area (TPSA) is 49.4 Å². The van der Waals surface area contributed by atoms with Crippen molar-refractivity contribution in [2.45, 2.75) is 0 Å². The summed E-state index contributed by atoms with van der Waals surface area (Å²) in [6, 6.07) is 6.19. The number of carboxylic acids is 1. The number of hydrogen-bond acceptors (Lipinski definition) is 3. The van der Waals surface area contributed by atoms with E-state index in [1.807, 2.05) is 0 Å². The second-order valence-corrected chi connectivity index (χ2v) is 2.60. The summed E-state index contributed by atoms with van der Waals surface area (Å²) in [5.41, 5.74) is 0.911. The van der Waals surface area contributed by atoms with Gasteiger partial charge in [-0.1, -0.05) is 24.0 Å².